The van der Waals surface area contributed by atoms with Gasteiger partial charge in [-0.1, -0.05) is 0 Å². The van der Waals surface area contributed by atoms with E-state index in [9.17, 15) is 13.6 Å². The number of rotatable bonds is 6. The second-order valence-electron chi connectivity index (χ2n) is 7.41. The highest BCUT2D eigenvalue weighted by atomic mass is 19.1. The average Bonchev–Trinajstić information content (AvgIpc) is 2.81. The molecule has 1 aliphatic heterocycles. The average molecular weight is 455 g/mol. The predicted octanol–water partition coefficient (Wildman–Crippen LogP) is 1.99. The maximum absolute atomic E-state index is 14.7. The quantitative estimate of drug-likeness (QED) is 0.514. The van der Waals surface area contributed by atoms with Crippen molar-refractivity contribution in [2.45, 2.75) is 6.42 Å². The van der Waals surface area contributed by atoms with E-state index in [0.29, 0.717) is 44.0 Å². The minimum atomic E-state index is -0.828. The van der Waals surface area contributed by atoms with Crippen LogP contribution in [-0.2, 0) is 11.2 Å². The summed E-state index contributed by atoms with van der Waals surface area (Å²) in [6, 6.07) is 4.15. The lowest BCUT2D eigenvalue weighted by Gasteiger charge is -2.30. The van der Waals surface area contributed by atoms with Crippen molar-refractivity contribution >= 4 is 23.1 Å². The van der Waals surface area contributed by atoms with E-state index in [2.05, 4.69) is 25.2 Å². The van der Waals surface area contributed by atoms with Crippen LogP contribution in [0.3, 0.4) is 0 Å². The number of anilines is 3. The first-order valence-electron chi connectivity index (χ1n) is 10.4. The van der Waals surface area contributed by atoms with Crippen LogP contribution in [0.25, 0.3) is 11.3 Å². The molecule has 1 saturated heterocycles. The van der Waals surface area contributed by atoms with Gasteiger partial charge in [-0.05, 0) is 36.7 Å². The first-order chi connectivity index (χ1) is 16.0. The number of hydrogen-bond donors (Lipinski definition) is 3. The molecule has 11 heteroatoms. The minimum Gasteiger partial charge on any atom is -0.382 e. The Balaban J connectivity index is 1.64. The van der Waals surface area contributed by atoms with Gasteiger partial charge in [0, 0.05) is 19.3 Å². The van der Waals surface area contributed by atoms with E-state index in [0.717, 1.165) is 11.9 Å². The van der Waals surface area contributed by atoms with E-state index in [1.165, 1.54) is 18.3 Å². The summed E-state index contributed by atoms with van der Waals surface area (Å²) in [7, 11) is 0. The number of benzene rings is 1. The Morgan fingerprint density at radius 3 is 2.61 bits per heavy atom. The first-order valence-corrected chi connectivity index (χ1v) is 10.4. The number of nitrogens with zero attached hydrogens (tertiary/aromatic N) is 4. The van der Waals surface area contributed by atoms with Gasteiger partial charge in [-0.15, -0.1) is 0 Å². The third-order valence-corrected chi connectivity index (χ3v) is 5.20. The largest absolute Gasteiger partial charge is 0.382 e. The Hall–Kier alpha value is -3.70. The number of carbonyl (C=O) groups is 1. The number of aromatic nitrogens is 3. The summed E-state index contributed by atoms with van der Waals surface area (Å²) in [5, 5.41) is 2.73. The number of nitrogen functional groups attached to an aromatic ring is 1. The van der Waals surface area contributed by atoms with Gasteiger partial charge < -0.3 is 26.4 Å². The van der Waals surface area contributed by atoms with Gasteiger partial charge in [-0.25, -0.2) is 18.7 Å². The monoisotopic (exact) mass is 455 g/mol. The zero-order valence-corrected chi connectivity index (χ0v) is 17.7. The van der Waals surface area contributed by atoms with Crippen LogP contribution in [0.5, 0.6) is 0 Å². The molecular formula is C22H23F2N7O2. The highest BCUT2D eigenvalue weighted by molar-refractivity contribution is 6.07. The highest BCUT2D eigenvalue weighted by Gasteiger charge is 2.22. The molecule has 3 aromatic rings. The van der Waals surface area contributed by atoms with Gasteiger partial charge in [0.15, 0.2) is 11.5 Å². The minimum absolute atomic E-state index is 0.150. The van der Waals surface area contributed by atoms with Gasteiger partial charge in [0.2, 0.25) is 0 Å². The fourth-order valence-electron chi connectivity index (χ4n) is 3.61. The molecule has 0 atom stereocenters. The van der Waals surface area contributed by atoms with Gasteiger partial charge in [-0.3, -0.25) is 9.78 Å². The number of carbonyl (C=O) groups excluding carboxylic acids is 1. The molecule has 172 valence electrons. The van der Waals surface area contributed by atoms with Gasteiger partial charge in [0.1, 0.15) is 11.6 Å². The van der Waals surface area contributed by atoms with Crippen molar-refractivity contribution in [1.82, 2.24) is 15.0 Å². The molecule has 5 N–H and O–H groups in total. The molecule has 0 saturated carbocycles. The summed E-state index contributed by atoms with van der Waals surface area (Å²) < 4.78 is 34.7. The Morgan fingerprint density at radius 1 is 1.18 bits per heavy atom. The molecule has 0 spiro atoms. The van der Waals surface area contributed by atoms with E-state index in [4.69, 9.17) is 16.2 Å². The van der Waals surface area contributed by atoms with Crippen molar-refractivity contribution in [3.8, 4) is 11.3 Å². The number of pyridine rings is 1. The smallest absolute Gasteiger partial charge is 0.278 e. The molecule has 4 rings (SSSR count). The molecule has 0 radical (unpaired) electrons. The van der Waals surface area contributed by atoms with Crippen molar-refractivity contribution in [2.75, 3.05) is 48.8 Å². The first kappa shape index (κ1) is 22.5. The highest BCUT2D eigenvalue weighted by Crippen LogP contribution is 2.28. The zero-order valence-electron chi connectivity index (χ0n) is 17.7. The SMILES string of the molecule is NCCc1cc(F)c(-c2cnc(N)c(C(=O)Nc3cnccc3N3CCOCC3)n2)c(F)c1. The van der Waals surface area contributed by atoms with E-state index in [-0.39, 0.29) is 23.8 Å². The van der Waals surface area contributed by atoms with Crippen LogP contribution in [0.4, 0.5) is 26.0 Å². The number of nitrogens with two attached hydrogens (primary N) is 2. The molecule has 9 nitrogen and oxygen atoms in total. The lowest BCUT2D eigenvalue weighted by Crippen LogP contribution is -2.36. The van der Waals surface area contributed by atoms with E-state index < -0.39 is 23.1 Å². The maximum atomic E-state index is 14.7. The van der Waals surface area contributed by atoms with Crippen molar-refractivity contribution in [2.24, 2.45) is 5.73 Å². The summed E-state index contributed by atoms with van der Waals surface area (Å²) in [5.74, 6) is -2.50. The fraction of sp³-hybridized carbons (Fsp3) is 0.273. The summed E-state index contributed by atoms with van der Waals surface area (Å²) >= 11 is 0. The normalized spacial score (nSPS) is 13.7. The van der Waals surface area contributed by atoms with Crippen molar-refractivity contribution in [3.05, 3.63) is 59.7 Å². The van der Waals surface area contributed by atoms with E-state index in [1.54, 1.807) is 12.3 Å². The Kier molecular flexibility index (Phi) is 6.71. The second-order valence-corrected chi connectivity index (χ2v) is 7.41. The molecule has 0 unspecified atom stereocenters. The second kappa shape index (κ2) is 9.84. The fourth-order valence-corrected chi connectivity index (χ4v) is 3.61. The van der Waals surface area contributed by atoms with Gasteiger partial charge in [0.25, 0.3) is 5.91 Å². The predicted molar refractivity (Wildman–Crippen MR) is 120 cm³/mol. The molecule has 0 aliphatic carbocycles. The topological polar surface area (TPSA) is 132 Å². The lowest BCUT2D eigenvalue weighted by atomic mass is 10.1. The number of amides is 1. The third kappa shape index (κ3) is 4.89. The van der Waals surface area contributed by atoms with Crippen LogP contribution < -0.4 is 21.7 Å². The number of halogens is 2. The lowest BCUT2D eigenvalue weighted by molar-refractivity contribution is 0.102. The molecule has 1 aliphatic rings. The van der Waals surface area contributed by atoms with Crippen molar-refractivity contribution in [3.63, 3.8) is 0 Å². The molecule has 3 heterocycles. The number of ether oxygens (including phenoxy) is 1. The number of nitrogens with one attached hydrogen (secondary N) is 1. The Bertz CT molecular complexity index is 1150. The van der Waals surface area contributed by atoms with Gasteiger partial charge >= 0.3 is 0 Å². The number of morpholine rings is 1. The van der Waals surface area contributed by atoms with Crippen molar-refractivity contribution in [1.29, 1.82) is 0 Å². The van der Waals surface area contributed by atoms with Crippen molar-refractivity contribution < 1.29 is 18.3 Å². The zero-order chi connectivity index (χ0) is 23.4. The van der Waals surface area contributed by atoms with E-state index in [1.807, 2.05) is 0 Å². The molecular weight excluding hydrogens is 432 g/mol. The van der Waals surface area contributed by atoms with Crippen LogP contribution in [0.15, 0.2) is 36.8 Å². The Morgan fingerprint density at radius 2 is 1.91 bits per heavy atom. The Labute approximate surface area is 188 Å². The van der Waals surface area contributed by atoms with Crippen LogP contribution in [0.2, 0.25) is 0 Å². The summed E-state index contributed by atoms with van der Waals surface area (Å²) in [5.41, 5.74) is 12.2. The third-order valence-electron chi connectivity index (χ3n) is 5.20. The van der Waals surface area contributed by atoms with Crippen LogP contribution >= 0.6 is 0 Å². The standard InChI is InChI=1S/C22H23F2N7O2/c23-14-9-13(1-3-25)10-15(24)19(14)17-12-28-21(26)20(29-17)22(32)30-16-11-27-4-2-18(16)31-5-7-33-8-6-31/h2,4,9-12H,1,3,5-8,25H2,(H2,26,28)(H,30,32). The summed E-state index contributed by atoms with van der Waals surface area (Å²) in [6.45, 7) is 2.70. The summed E-state index contributed by atoms with van der Waals surface area (Å²) in [6.07, 6.45) is 4.58. The van der Waals surface area contributed by atoms with Gasteiger partial charge in [0.05, 0.1) is 48.2 Å². The van der Waals surface area contributed by atoms with Gasteiger partial charge in [-0.2, -0.15) is 0 Å². The molecule has 1 amide bonds. The van der Waals surface area contributed by atoms with Crippen LogP contribution in [0.1, 0.15) is 16.1 Å². The maximum Gasteiger partial charge on any atom is 0.278 e. The molecule has 1 aromatic carbocycles. The summed E-state index contributed by atoms with van der Waals surface area (Å²) in [4.78, 5) is 27.2. The van der Waals surface area contributed by atoms with E-state index >= 15 is 0 Å². The number of hydrogen-bond acceptors (Lipinski definition) is 8. The molecule has 0 bridgehead atoms. The van der Waals surface area contributed by atoms with Crippen LogP contribution in [-0.4, -0.2) is 53.7 Å². The molecule has 1 fully saturated rings. The molecule has 2 aromatic heterocycles. The van der Waals surface area contributed by atoms with Crippen LogP contribution in [0, 0.1) is 11.6 Å². The molecule has 33 heavy (non-hydrogen) atoms.